The summed E-state index contributed by atoms with van der Waals surface area (Å²) < 4.78 is 15.4. The zero-order chi connectivity index (χ0) is 30.9. The molecule has 5 aliphatic rings. The minimum absolute atomic E-state index is 0.00796. The molecule has 2 heterocycles. The molecule has 2 aromatic rings. The van der Waals surface area contributed by atoms with Crippen LogP contribution in [0.4, 0.5) is 0 Å². The zero-order valence-electron chi connectivity index (χ0n) is 25.7. The van der Waals surface area contributed by atoms with Crippen LogP contribution in [0.1, 0.15) is 65.7 Å². The van der Waals surface area contributed by atoms with E-state index in [-0.39, 0.29) is 46.6 Å². The van der Waals surface area contributed by atoms with E-state index in [9.17, 15) is 20.0 Å². The molecule has 7 rings (SSSR count). The molecule has 4 aliphatic carbocycles. The normalized spacial score (nSPS) is 38.9. The summed E-state index contributed by atoms with van der Waals surface area (Å²) in [6, 6.07) is 10.1. The Morgan fingerprint density at radius 2 is 2.11 bits per heavy atom. The molecule has 1 aromatic heterocycles. The van der Waals surface area contributed by atoms with E-state index < -0.39 is 23.4 Å². The molecule has 232 valence electrons. The van der Waals surface area contributed by atoms with Crippen LogP contribution < -0.4 is 0 Å². The van der Waals surface area contributed by atoms with Gasteiger partial charge in [0.25, 0.3) is 0 Å². The van der Waals surface area contributed by atoms with Gasteiger partial charge >= 0.3 is 0 Å². The summed E-state index contributed by atoms with van der Waals surface area (Å²) in [5.41, 5.74) is 0.762. The molecule has 1 aromatic carbocycles. The number of allylic oxidation sites excluding steroid dienone is 4. The first-order valence-electron chi connectivity index (χ1n) is 16.1. The Morgan fingerprint density at radius 1 is 1.30 bits per heavy atom. The van der Waals surface area contributed by atoms with E-state index >= 15 is 0 Å². The van der Waals surface area contributed by atoms with Crippen molar-refractivity contribution in [2.45, 2.75) is 102 Å². The molecule has 8 nitrogen and oxygen atoms in total. The van der Waals surface area contributed by atoms with Crippen molar-refractivity contribution in [3.8, 4) is 6.07 Å². The van der Waals surface area contributed by atoms with E-state index in [0.717, 1.165) is 42.3 Å². The Labute approximate surface area is 262 Å². The third kappa shape index (κ3) is 4.24. The summed E-state index contributed by atoms with van der Waals surface area (Å²) in [5, 5.41) is 22.0. The molecule has 0 amide bonds. The molecule has 44 heavy (non-hydrogen) atoms. The lowest BCUT2D eigenvalue weighted by molar-refractivity contribution is -0.197. The molecule has 9 heteroatoms. The number of imidazole rings is 1. The number of carbonyl (C=O) groups is 2. The summed E-state index contributed by atoms with van der Waals surface area (Å²) in [5.74, 6) is 0.466. The zero-order valence-corrected chi connectivity index (χ0v) is 26.5. The second-order valence-corrected chi connectivity index (χ2v) is 14.7. The number of hydrogen-bond acceptors (Lipinski definition) is 8. The Morgan fingerprint density at radius 3 is 2.91 bits per heavy atom. The third-order valence-electron chi connectivity index (χ3n) is 11.6. The SMILES string of the molecule is CCC[C@@H]1O[C@@H]2CC3C4CCC5=CC(=O)C=CC5(C)C4C(O)CC3(C)[C@]2(C(=O)CSc2nc3ccccc3n2CCC#N)O1. The van der Waals surface area contributed by atoms with Crippen LogP contribution in [0.2, 0.25) is 0 Å². The van der Waals surface area contributed by atoms with Crippen LogP contribution in [0, 0.1) is 39.9 Å². The Kier molecular flexibility index (Phi) is 7.44. The van der Waals surface area contributed by atoms with E-state index in [1.807, 2.05) is 34.9 Å². The van der Waals surface area contributed by atoms with Gasteiger partial charge in [-0.1, -0.05) is 62.7 Å². The highest BCUT2D eigenvalue weighted by Gasteiger charge is 2.75. The first kappa shape index (κ1) is 29.9. The number of aryl methyl sites for hydroxylation is 1. The lowest BCUT2D eigenvalue weighted by atomic mass is 9.46. The number of fused-ring (bicyclic) bond motifs is 8. The topological polar surface area (TPSA) is 114 Å². The molecule has 0 bridgehead atoms. The molecule has 0 radical (unpaired) electrons. The van der Waals surface area contributed by atoms with Gasteiger partial charge in [0.2, 0.25) is 0 Å². The van der Waals surface area contributed by atoms with Gasteiger partial charge in [0.05, 0.1) is 41.5 Å². The third-order valence-corrected chi connectivity index (χ3v) is 12.6. The number of ketones is 2. The number of para-hydroxylation sites is 2. The maximum atomic E-state index is 14.7. The molecule has 1 saturated heterocycles. The Balaban J connectivity index is 1.22. The summed E-state index contributed by atoms with van der Waals surface area (Å²) >= 11 is 1.40. The fourth-order valence-electron chi connectivity index (χ4n) is 9.78. The Hall–Kier alpha value is -2.77. The first-order valence-corrected chi connectivity index (χ1v) is 17.1. The number of Topliss-reactive ketones (excluding diaryl/α,β-unsaturated/α-hetero) is 1. The molecule has 3 saturated carbocycles. The van der Waals surface area contributed by atoms with Crippen LogP contribution in [0.15, 0.2) is 53.2 Å². The quantitative estimate of drug-likeness (QED) is 0.372. The molecular formula is C35H41N3O5S. The maximum absolute atomic E-state index is 14.7. The number of aromatic nitrogens is 2. The van der Waals surface area contributed by atoms with Gasteiger partial charge in [-0.15, -0.1) is 0 Å². The predicted octanol–water partition coefficient (Wildman–Crippen LogP) is 5.78. The minimum atomic E-state index is -1.16. The van der Waals surface area contributed by atoms with Gasteiger partial charge < -0.3 is 19.1 Å². The molecule has 0 spiro atoms. The van der Waals surface area contributed by atoms with E-state index in [4.69, 9.17) is 14.5 Å². The van der Waals surface area contributed by atoms with Crippen LogP contribution in [-0.4, -0.2) is 56.1 Å². The summed E-state index contributed by atoms with van der Waals surface area (Å²) in [4.78, 5) is 31.8. The highest BCUT2D eigenvalue weighted by molar-refractivity contribution is 7.99. The molecule has 4 fully saturated rings. The van der Waals surface area contributed by atoms with Crippen molar-refractivity contribution in [3.63, 3.8) is 0 Å². The van der Waals surface area contributed by atoms with Crippen LogP contribution in [-0.2, 0) is 25.6 Å². The van der Waals surface area contributed by atoms with E-state index in [2.05, 4.69) is 26.8 Å². The van der Waals surface area contributed by atoms with Crippen molar-refractivity contribution < 1.29 is 24.2 Å². The van der Waals surface area contributed by atoms with Crippen molar-refractivity contribution in [2.75, 3.05) is 5.75 Å². The van der Waals surface area contributed by atoms with E-state index in [1.165, 1.54) is 11.8 Å². The van der Waals surface area contributed by atoms with Gasteiger partial charge in [0, 0.05) is 23.3 Å². The number of ether oxygens (including phenoxy) is 2. The number of carbonyl (C=O) groups excluding carboxylic acids is 2. The standard InChI is InChI=1S/C35H41N3O5S/c1-4-8-30-42-29-18-24-23-12-11-21-17-22(39)13-14-33(21,2)31(23)27(40)19-34(24,3)35(29,43-30)28(41)20-44-32-37-25-9-5-6-10-26(25)38(32)16-7-15-36/h5-6,9-10,13-14,17,23-24,27,29-31,40H,4,7-8,11-12,16,18-20H2,1-3H3/t23?,24?,27?,29-,30-,31?,33?,34?,35-/m1/s1. The van der Waals surface area contributed by atoms with Gasteiger partial charge in [-0.3, -0.25) is 9.59 Å². The summed E-state index contributed by atoms with van der Waals surface area (Å²) in [6.45, 7) is 6.92. The second-order valence-electron chi connectivity index (χ2n) is 13.8. The Bertz CT molecular complexity index is 1610. The van der Waals surface area contributed by atoms with E-state index in [0.29, 0.717) is 31.0 Å². The predicted molar refractivity (Wildman–Crippen MR) is 166 cm³/mol. The number of thioether (sulfide) groups is 1. The number of aliphatic hydroxyl groups is 1. The highest BCUT2D eigenvalue weighted by atomic mass is 32.2. The highest BCUT2D eigenvalue weighted by Crippen LogP contribution is 2.69. The minimum Gasteiger partial charge on any atom is -0.393 e. The van der Waals surface area contributed by atoms with Crippen LogP contribution in [0.3, 0.4) is 0 Å². The van der Waals surface area contributed by atoms with Crippen molar-refractivity contribution >= 4 is 34.4 Å². The average molecular weight is 616 g/mol. The molecular weight excluding hydrogens is 574 g/mol. The van der Waals surface area contributed by atoms with E-state index in [1.54, 1.807) is 12.2 Å². The monoisotopic (exact) mass is 615 g/mol. The van der Waals surface area contributed by atoms with Crippen LogP contribution in [0.5, 0.6) is 0 Å². The molecule has 1 N–H and O–H groups in total. The van der Waals surface area contributed by atoms with Crippen molar-refractivity contribution in [1.82, 2.24) is 9.55 Å². The molecule has 6 unspecified atom stereocenters. The second kappa shape index (κ2) is 10.9. The summed E-state index contributed by atoms with van der Waals surface area (Å²) in [6.07, 6.45) is 8.77. The lowest BCUT2D eigenvalue weighted by Gasteiger charge is -2.59. The number of benzene rings is 1. The number of nitrogens with zero attached hydrogens (tertiary/aromatic N) is 3. The fraction of sp³-hybridized carbons (Fsp3) is 0.600. The first-order chi connectivity index (χ1) is 21.2. The van der Waals surface area contributed by atoms with Gasteiger partial charge in [0.1, 0.15) is 0 Å². The number of aliphatic hydroxyl groups excluding tert-OH is 1. The smallest absolute Gasteiger partial charge is 0.178 e. The number of nitriles is 1. The fourth-order valence-corrected chi connectivity index (χ4v) is 10.8. The van der Waals surface area contributed by atoms with Crippen LogP contribution >= 0.6 is 11.8 Å². The van der Waals surface area contributed by atoms with Crippen molar-refractivity contribution in [1.29, 1.82) is 5.26 Å². The average Bonchev–Trinajstić information content (AvgIpc) is 3.62. The largest absolute Gasteiger partial charge is 0.393 e. The van der Waals surface area contributed by atoms with Gasteiger partial charge in [-0.25, -0.2) is 4.98 Å². The molecule has 1 aliphatic heterocycles. The van der Waals surface area contributed by atoms with Crippen molar-refractivity contribution in [2.24, 2.45) is 28.6 Å². The van der Waals surface area contributed by atoms with Crippen molar-refractivity contribution in [3.05, 3.63) is 48.1 Å². The van der Waals surface area contributed by atoms with Gasteiger partial charge in [-0.2, -0.15) is 5.26 Å². The van der Waals surface area contributed by atoms with Gasteiger partial charge in [-0.05, 0) is 68.2 Å². The lowest BCUT2D eigenvalue weighted by Crippen LogP contribution is -2.63. The van der Waals surface area contributed by atoms with Crippen LogP contribution in [0.25, 0.3) is 11.0 Å². The number of rotatable bonds is 8. The number of hydrogen-bond donors (Lipinski definition) is 1. The summed E-state index contributed by atoms with van der Waals surface area (Å²) in [7, 11) is 0. The maximum Gasteiger partial charge on any atom is 0.178 e. The van der Waals surface area contributed by atoms with Gasteiger partial charge in [0.15, 0.2) is 28.6 Å². The molecule has 9 atom stereocenters.